The van der Waals surface area contributed by atoms with E-state index in [1.54, 1.807) is 5.19 Å². The zero-order chi connectivity index (χ0) is 19.2. The molecule has 0 aromatic heterocycles. The number of aryl methyl sites for hydroxylation is 1. The van der Waals surface area contributed by atoms with Crippen LogP contribution in [0.5, 0.6) is 0 Å². The van der Waals surface area contributed by atoms with E-state index in [1.165, 1.54) is 16.7 Å². The maximum atomic E-state index is 9.39. The predicted molar refractivity (Wildman–Crippen MR) is 118 cm³/mol. The second-order valence-electron chi connectivity index (χ2n) is 8.00. The highest BCUT2D eigenvalue weighted by molar-refractivity contribution is 6.95. The molecule has 0 heterocycles. The lowest BCUT2D eigenvalue weighted by molar-refractivity contribution is 0.303. The fourth-order valence-electron chi connectivity index (χ4n) is 4.21. The van der Waals surface area contributed by atoms with Crippen LogP contribution in [0.15, 0.2) is 60.7 Å². The van der Waals surface area contributed by atoms with E-state index in [2.05, 4.69) is 95.3 Å². The lowest BCUT2D eigenvalue weighted by Crippen LogP contribution is -2.53. The molecule has 0 fully saturated rings. The van der Waals surface area contributed by atoms with Gasteiger partial charge in [0.15, 0.2) is 0 Å². The zero-order valence-corrected chi connectivity index (χ0v) is 18.0. The van der Waals surface area contributed by atoms with E-state index in [0.717, 1.165) is 12.5 Å². The first-order chi connectivity index (χ1) is 12.4. The highest BCUT2D eigenvalue weighted by atomic mass is 28.3. The van der Waals surface area contributed by atoms with Gasteiger partial charge in [0, 0.05) is 6.61 Å². The van der Waals surface area contributed by atoms with Gasteiger partial charge in [-0.25, -0.2) is 0 Å². The fraction of sp³-hybridized carbons (Fsp3) is 0.417. The van der Waals surface area contributed by atoms with Gasteiger partial charge < -0.3 is 5.11 Å². The van der Waals surface area contributed by atoms with E-state index in [0.29, 0.717) is 11.1 Å². The molecule has 0 unspecified atom stereocenters. The van der Waals surface area contributed by atoms with Crippen molar-refractivity contribution in [3.05, 3.63) is 71.8 Å². The van der Waals surface area contributed by atoms with Crippen molar-refractivity contribution in [1.82, 2.24) is 0 Å². The van der Waals surface area contributed by atoms with E-state index in [4.69, 9.17) is 0 Å². The number of benzene rings is 2. The molecule has 1 nitrogen and oxygen atoms in total. The van der Waals surface area contributed by atoms with Gasteiger partial charge in [0.25, 0.3) is 0 Å². The Morgan fingerprint density at radius 2 is 1.50 bits per heavy atom. The first-order valence-corrected chi connectivity index (χ1v) is 12.2. The van der Waals surface area contributed by atoms with Crippen LogP contribution in [-0.4, -0.2) is 19.8 Å². The van der Waals surface area contributed by atoms with Crippen molar-refractivity contribution < 1.29 is 5.11 Å². The Balaban J connectivity index is 2.55. The zero-order valence-electron chi connectivity index (χ0n) is 17.0. The molecule has 0 spiro atoms. The smallest absolute Gasteiger partial charge is 0.0960 e. The average Bonchev–Trinajstić information content (AvgIpc) is 2.63. The molecule has 140 valence electrons. The summed E-state index contributed by atoms with van der Waals surface area (Å²) in [6.07, 6.45) is 2.98. The Morgan fingerprint density at radius 1 is 0.923 bits per heavy atom. The molecule has 2 rings (SSSR count). The number of rotatable bonds is 8. The summed E-state index contributed by atoms with van der Waals surface area (Å²) in [5.41, 5.74) is 5.31. The van der Waals surface area contributed by atoms with E-state index in [9.17, 15) is 5.11 Å². The molecular formula is C24H34OSi. The molecule has 0 saturated carbocycles. The highest BCUT2D eigenvalue weighted by Crippen LogP contribution is 2.40. The van der Waals surface area contributed by atoms with E-state index in [-0.39, 0.29) is 6.61 Å². The second-order valence-corrected chi connectivity index (χ2v) is 13.3. The summed E-state index contributed by atoms with van der Waals surface area (Å²) in [5.74, 6) is 0. The van der Waals surface area contributed by atoms with Crippen molar-refractivity contribution in [3.63, 3.8) is 0 Å². The maximum Gasteiger partial charge on any atom is 0.0960 e. The molecule has 0 atom stereocenters. The summed E-state index contributed by atoms with van der Waals surface area (Å²) < 4.78 is 0. The second kappa shape index (κ2) is 9.34. The summed E-state index contributed by atoms with van der Waals surface area (Å²) in [5, 5.41) is 10.9. The molecule has 0 amide bonds. The largest absolute Gasteiger partial charge is 0.396 e. The van der Waals surface area contributed by atoms with Gasteiger partial charge in [-0.1, -0.05) is 99.1 Å². The van der Waals surface area contributed by atoms with Crippen LogP contribution >= 0.6 is 0 Å². The predicted octanol–water partition coefficient (Wildman–Crippen LogP) is 5.94. The molecule has 0 aliphatic carbocycles. The molecular weight excluding hydrogens is 332 g/mol. The quantitative estimate of drug-likeness (QED) is 0.573. The first kappa shape index (κ1) is 20.7. The minimum absolute atomic E-state index is 0.207. The normalized spacial score (nSPS) is 12.8. The Bertz CT molecular complexity index is 691. The molecule has 2 aromatic carbocycles. The van der Waals surface area contributed by atoms with Gasteiger partial charge in [0.2, 0.25) is 0 Å². The molecule has 0 bridgehead atoms. The van der Waals surface area contributed by atoms with Crippen molar-refractivity contribution in [2.45, 2.75) is 58.2 Å². The van der Waals surface area contributed by atoms with E-state index in [1.807, 2.05) is 0 Å². The standard InChI is InChI=1S/C24H34OSi/c1-19(2)26(20(3)4,24-15-13-21(5)14-16-24)18-23(12-9-17-25)22-10-7-6-8-11-22/h6-8,10-16,19-20,25H,9,17-18H2,1-5H3/b23-12+. The van der Waals surface area contributed by atoms with Crippen LogP contribution in [0.2, 0.25) is 17.1 Å². The SMILES string of the molecule is Cc1ccc([Si](C/C(=C\CCO)c2ccccc2)(C(C)C)C(C)C)cc1. The molecule has 2 aromatic rings. The lowest BCUT2D eigenvalue weighted by atomic mass is 10.1. The Labute approximate surface area is 160 Å². The summed E-state index contributed by atoms with van der Waals surface area (Å²) >= 11 is 0. The molecule has 0 aliphatic heterocycles. The Kier molecular flexibility index (Phi) is 7.42. The summed E-state index contributed by atoms with van der Waals surface area (Å²) in [7, 11) is -1.80. The minimum atomic E-state index is -1.80. The van der Waals surface area contributed by atoms with Gasteiger partial charge >= 0.3 is 0 Å². The number of aliphatic hydroxyl groups excluding tert-OH is 1. The van der Waals surface area contributed by atoms with Gasteiger partial charge in [-0.3, -0.25) is 0 Å². The van der Waals surface area contributed by atoms with Gasteiger partial charge in [-0.2, -0.15) is 0 Å². The number of hydrogen-bond donors (Lipinski definition) is 1. The minimum Gasteiger partial charge on any atom is -0.396 e. The topological polar surface area (TPSA) is 20.2 Å². The first-order valence-electron chi connectivity index (χ1n) is 9.84. The number of hydrogen-bond acceptors (Lipinski definition) is 1. The summed E-state index contributed by atoms with van der Waals surface area (Å²) in [6, 6.07) is 21.1. The summed E-state index contributed by atoms with van der Waals surface area (Å²) in [6.45, 7) is 12.0. The Hall–Kier alpha value is -1.64. The highest BCUT2D eigenvalue weighted by Gasteiger charge is 2.42. The van der Waals surface area contributed by atoms with Gasteiger partial charge in [-0.15, -0.1) is 0 Å². The van der Waals surface area contributed by atoms with Gasteiger partial charge in [0.1, 0.15) is 0 Å². The number of allylic oxidation sites excluding steroid dienone is 1. The van der Waals surface area contributed by atoms with Gasteiger partial charge in [-0.05, 0) is 41.6 Å². The summed E-state index contributed by atoms with van der Waals surface area (Å²) in [4.78, 5) is 0. The van der Waals surface area contributed by atoms with Crippen molar-refractivity contribution in [2.24, 2.45) is 0 Å². The van der Waals surface area contributed by atoms with E-state index < -0.39 is 8.07 Å². The molecule has 1 N–H and O–H groups in total. The third kappa shape index (κ3) is 4.55. The fourth-order valence-corrected chi connectivity index (χ4v) is 9.66. The molecule has 26 heavy (non-hydrogen) atoms. The molecule has 0 saturated heterocycles. The monoisotopic (exact) mass is 366 g/mol. The third-order valence-corrected chi connectivity index (χ3v) is 12.3. The molecule has 2 heteroatoms. The van der Waals surface area contributed by atoms with Crippen LogP contribution in [-0.2, 0) is 0 Å². The molecule has 0 radical (unpaired) electrons. The van der Waals surface area contributed by atoms with Gasteiger partial charge in [0.05, 0.1) is 8.07 Å². The lowest BCUT2D eigenvalue weighted by Gasteiger charge is -2.41. The van der Waals surface area contributed by atoms with Crippen LogP contribution in [0.3, 0.4) is 0 Å². The molecule has 0 aliphatic rings. The van der Waals surface area contributed by atoms with Crippen LogP contribution in [0.4, 0.5) is 0 Å². The van der Waals surface area contributed by atoms with Crippen LogP contribution < -0.4 is 5.19 Å². The van der Waals surface area contributed by atoms with Crippen LogP contribution in [0.1, 0.15) is 45.2 Å². The van der Waals surface area contributed by atoms with Crippen molar-refractivity contribution in [3.8, 4) is 0 Å². The maximum absolute atomic E-state index is 9.39. The van der Waals surface area contributed by atoms with Crippen LogP contribution in [0, 0.1) is 6.92 Å². The Morgan fingerprint density at radius 3 is 2.00 bits per heavy atom. The third-order valence-electron chi connectivity index (χ3n) is 5.80. The number of aliphatic hydroxyl groups is 1. The van der Waals surface area contributed by atoms with E-state index >= 15 is 0 Å². The van der Waals surface area contributed by atoms with Crippen molar-refractivity contribution in [2.75, 3.05) is 6.61 Å². The van der Waals surface area contributed by atoms with Crippen molar-refractivity contribution >= 4 is 18.8 Å². The van der Waals surface area contributed by atoms with Crippen molar-refractivity contribution in [1.29, 1.82) is 0 Å². The average molecular weight is 367 g/mol. The van der Waals surface area contributed by atoms with Crippen LogP contribution in [0.25, 0.3) is 5.57 Å².